The van der Waals surface area contributed by atoms with E-state index in [-0.39, 0.29) is 22.1 Å². The van der Waals surface area contributed by atoms with Gasteiger partial charge in [-0.15, -0.1) is 0 Å². The first-order valence-electron chi connectivity index (χ1n) is 5.35. The molecule has 0 aliphatic heterocycles. The highest BCUT2D eigenvalue weighted by Gasteiger charge is 2.15. The van der Waals surface area contributed by atoms with Crippen LogP contribution in [0.25, 0.3) is 0 Å². The van der Waals surface area contributed by atoms with Crippen molar-refractivity contribution in [3.8, 4) is 0 Å². The molecule has 0 unspecified atom stereocenters. The first kappa shape index (κ1) is 14.4. The van der Waals surface area contributed by atoms with E-state index in [4.69, 9.17) is 11.6 Å². The molecule has 0 aliphatic rings. The van der Waals surface area contributed by atoms with Crippen LogP contribution >= 0.6 is 27.5 Å². The van der Waals surface area contributed by atoms with Gasteiger partial charge in [0.25, 0.3) is 11.6 Å². The zero-order chi connectivity index (χ0) is 14.7. The van der Waals surface area contributed by atoms with Gasteiger partial charge in [0.1, 0.15) is 5.15 Å². The number of halogens is 2. The minimum atomic E-state index is -0.543. The molecule has 8 heteroatoms. The van der Waals surface area contributed by atoms with Crippen molar-refractivity contribution < 1.29 is 9.72 Å². The van der Waals surface area contributed by atoms with Gasteiger partial charge in [-0.05, 0) is 34.1 Å². The van der Waals surface area contributed by atoms with Gasteiger partial charge < -0.3 is 5.32 Å². The van der Waals surface area contributed by atoms with E-state index >= 15 is 0 Å². The van der Waals surface area contributed by atoms with Crippen molar-refractivity contribution in [3.05, 3.63) is 61.8 Å². The molecule has 2 aromatic rings. The number of carbonyl (C=O) groups excluding carboxylic acids is 1. The van der Waals surface area contributed by atoms with Gasteiger partial charge in [0.2, 0.25) is 0 Å². The zero-order valence-electron chi connectivity index (χ0n) is 9.84. The van der Waals surface area contributed by atoms with Crippen molar-refractivity contribution in [3.63, 3.8) is 0 Å². The Balaban J connectivity index is 2.30. The first-order valence-corrected chi connectivity index (χ1v) is 6.52. The van der Waals surface area contributed by atoms with E-state index in [1.165, 1.54) is 30.5 Å². The molecule has 1 N–H and O–H groups in total. The summed E-state index contributed by atoms with van der Waals surface area (Å²) in [5, 5.41) is 13.3. The van der Waals surface area contributed by atoms with Crippen LogP contribution in [0.1, 0.15) is 10.4 Å². The molecule has 0 aliphatic carbocycles. The summed E-state index contributed by atoms with van der Waals surface area (Å²) < 4.78 is 0.525. The van der Waals surface area contributed by atoms with Crippen molar-refractivity contribution in [1.29, 1.82) is 0 Å². The van der Waals surface area contributed by atoms with Crippen molar-refractivity contribution in [2.45, 2.75) is 0 Å². The Hall–Kier alpha value is -1.99. The molecule has 0 atom stereocenters. The summed E-state index contributed by atoms with van der Waals surface area (Å²) in [7, 11) is 0. The maximum absolute atomic E-state index is 12.0. The van der Waals surface area contributed by atoms with Gasteiger partial charge >= 0.3 is 0 Å². The lowest BCUT2D eigenvalue weighted by molar-refractivity contribution is -0.384. The molecule has 102 valence electrons. The van der Waals surface area contributed by atoms with Crippen LogP contribution in [0.5, 0.6) is 0 Å². The minimum absolute atomic E-state index is 0.0616. The van der Waals surface area contributed by atoms with Crippen molar-refractivity contribution in [2.75, 3.05) is 5.32 Å². The molecule has 0 saturated heterocycles. The van der Waals surface area contributed by atoms with Crippen LogP contribution in [-0.4, -0.2) is 15.8 Å². The van der Waals surface area contributed by atoms with Crippen molar-refractivity contribution in [2.24, 2.45) is 0 Å². The molecule has 0 bridgehead atoms. The van der Waals surface area contributed by atoms with Crippen LogP contribution in [0, 0.1) is 10.1 Å². The molecule has 6 nitrogen and oxygen atoms in total. The van der Waals surface area contributed by atoms with Gasteiger partial charge in [-0.3, -0.25) is 14.9 Å². The minimum Gasteiger partial charge on any atom is -0.321 e. The molecule has 0 saturated carbocycles. The highest BCUT2D eigenvalue weighted by molar-refractivity contribution is 9.10. The van der Waals surface area contributed by atoms with Gasteiger partial charge in [0.15, 0.2) is 0 Å². The lowest BCUT2D eigenvalue weighted by Crippen LogP contribution is -2.13. The summed E-state index contributed by atoms with van der Waals surface area (Å²) in [6, 6.07) is 7.15. The van der Waals surface area contributed by atoms with Gasteiger partial charge in [0, 0.05) is 22.8 Å². The Morgan fingerprint density at radius 1 is 1.40 bits per heavy atom. The molecule has 1 heterocycles. The molecule has 2 rings (SSSR count). The van der Waals surface area contributed by atoms with Crippen LogP contribution in [-0.2, 0) is 0 Å². The summed E-state index contributed by atoms with van der Waals surface area (Å²) >= 11 is 9.03. The van der Waals surface area contributed by atoms with E-state index < -0.39 is 10.8 Å². The number of nitrogens with one attached hydrogen (secondary N) is 1. The van der Waals surface area contributed by atoms with Gasteiger partial charge in [-0.2, -0.15) is 0 Å². The number of non-ortho nitro benzene ring substituents is 1. The number of benzene rings is 1. The number of amides is 1. The first-order chi connectivity index (χ1) is 9.49. The topological polar surface area (TPSA) is 85.1 Å². The number of nitrogens with zero attached hydrogens (tertiary/aromatic N) is 2. The fourth-order valence-electron chi connectivity index (χ4n) is 1.47. The molecule has 20 heavy (non-hydrogen) atoms. The number of nitro groups is 1. The Morgan fingerprint density at radius 2 is 2.15 bits per heavy atom. The van der Waals surface area contributed by atoms with Crippen LogP contribution in [0.15, 0.2) is 41.0 Å². The Kier molecular flexibility index (Phi) is 4.31. The van der Waals surface area contributed by atoms with E-state index in [2.05, 4.69) is 26.2 Å². The second-order valence-electron chi connectivity index (χ2n) is 3.72. The fourth-order valence-corrected chi connectivity index (χ4v) is 2.02. The van der Waals surface area contributed by atoms with Crippen molar-refractivity contribution >= 4 is 44.8 Å². The largest absolute Gasteiger partial charge is 0.321 e. The molecule has 0 radical (unpaired) electrons. The van der Waals surface area contributed by atoms with E-state index in [1.807, 2.05) is 0 Å². The molecular weight excluding hydrogens is 350 g/mol. The molecule has 0 fully saturated rings. The average Bonchev–Trinajstić information content (AvgIpc) is 2.41. The van der Waals surface area contributed by atoms with Crippen molar-refractivity contribution in [1.82, 2.24) is 4.98 Å². The third-order valence-electron chi connectivity index (χ3n) is 2.41. The number of anilines is 1. The maximum Gasteiger partial charge on any atom is 0.271 e. The summed E-state index contributed by atoms with van der Waals surface area (Å²) in [4.78, 5) is 26.0. The normalized spacial score (nSPS) is 10.1. The third-order valence-corrected chi connectivity index (χ3v) is 3.41. The second-order valence-corrected chi connectivity index (χ2v) is 4.93. The van der Waals surface area contributed by atoms with Crippen LogP contribution in [0.3, 0.4) is 0 Å². The zero-order valence-corrected chi connectivity index (χ0v) is 12.2. The lowest BCUT2D eigenvalue weighted by atomic mass is 10.2. The Bertz CT molecular complexity index is 693. The lowest BCUT2D eigenvalue weighted by Gasteiger charge is -2.08. The van der Waals surface area contributed by atoms with Crippen LogP contribution < -0.4 is 5.32 Å². The average molecular weight is 357 g/mol. The number of carbonyl (C=O) groups is 1. The van der Waals surface area contributed by atoms with E-state index in [0.29, 0.717) is 4.47 Å². The predicted octanol–water partition coefficient (Wildman–Crippen LogP) is 3.66. The molecule has 1 amide bonds. The Labute approximate surface area is 127 Å². The monoisotopic (exact) mass is 355 g/mol. The van der Waals surface area contributed by atoms with Gasteiger partial charge in [-0.25, -0.2) is 4.98 Å². The number of hydrogen-bond donors (Lipinski definition) is 1. The molecular formula is C12H7BrClN3O3. The summed E-state index contributed by atoms with van der Waals surface area (Å²) in [6.07, 6.45) is 1.46. The maximum atomic E-state index is 12.0. The SMILES string of the molecule is O=C(Nc1cc([N+](=O)[O-])ccc1Br)c1cccnc1Cl. The quantitative estimate of drug-likeness (QED) is 0.516. The van der Waals surface area contributed by atoms with E-state index in [1.54, 1.807) is 6.07 Å². The summed E-state index contributed by atoms with van der Waals surface area (Å²) in [5.74, 6) is -0.496. The van der Waals surface area contributed by atoms with E-state index in [0.717, 1.165) is 0 Å². The molecule has 0 spiro atoms. The second kappa shape index (κ2) is 5.98. The van der Waals surface area contributed by atoms with E-state index in [9.17, 15) is 14.9 Å². The number of nitro benzene ring substituents is 1. The molecule has 1 aromatic carbocycles. The smallest absolute Gasteiger partial charge is 0.271 e. The standard InChI is InChI=1S/C12H7BrClN3O3/c13-9-4-3-7(17(19)20)6-10(9)16-12(18)8-2-1-5-15-11(8)14/h1-6H,(H,16,18). The number of rotatable bonds is 3. The fraction of sp³-hybridized carbons (Fsp3) is 0. The predicted molar refractivity (Wildman–Crippen MR) is 78.0 cm³/mol. The summed E-state index contributed by atoms with van der Waals surface area (Å²) in [6.45, 7) is 0. The number of hydrogen-bond acceptors (Lipinski definition) is 4. The van der Waals surface area contributed by atoms with Gasteiger partial charge in [0.05, 0.1) is 16.2 Å². The third kappa shape index (κ3) is 3.12. The van der Waals surface area contributed by atoms with Gasteiger partial charge in [-0.1, -0.05) is 11.6 Å². The highest BCUT2D eigenvalue weighted by atomic mass is 79.9. The number of aromatic nitrogens is 1. The molecule has 1 aromatic heterocycles. The number of pyridine rings is 1. The highest BCUT2D eigenvalue weighted by Crippen LogP contribution is 2.28. The summed E-state index contributed by atoms with van der Waals surface area (Å²) in [5.41, 5.74) is 0.345. The van der Waals surface area contributed by atoms with Crippen LogP contribution in [0.4, 0.5) is 11.4 Å². The Morgan fingerprint density at radius 3 is 2.80 bits per heavy atom. The van der Waals surface area contributed by atoms with Crippen LogP contribution in [0.2, 0.25) is 5.15 Å².